The lowest BCUT2D eigenvalue weighted by molar-refractivity contribution is -0.137. The normalized spacial score (nSPS) is 10.7. The molecule has 5 heteroatoms. The number of hydrogen-bond acceptors (Lipinski definition) is 5. The average molecular weight is 235 g/mol. The van der Waals surface area contributed by atoms with E-state index < -0.39 is 0 Å². The molecule has 0 spiro atoms. The lowest BCUT2D eigenvalue weighted by Crippen LogP contribution is -2.14. The zero-order chi connectivity index (χ0) is 12.5. The molecule has 0 aromatic carbocycles. The smallest absolute Gasteiger partial charge is 0.330 e. The van der Waals surface area contributed by atoms with Gasteiger partial charge in [-0.25, -0.2) is 4.79 Å². The highest BCUT2D eigenvalue weighted by Gasteiger charge is 1.94. The van der Waals surface area contributed by atoms with Crippen LogP contribution < -0.4 is 5.32 Å². The Hall–Kier alpha value is -1.75. The second-order valence-electron chi connectivity index (χ2n) is 3.43. The third-order valence-corrected chi connectivity index (χ3v) is 1.94. The van der Waals surface area contributed by atoms with Gasteiger partial charge in [-0.15, -0.1) is 0 Å². The number of aromatic nitrogens is 2. The van der Waals surface area contributed by atoms with Crippen LogP contribution >= 0.6 is 0 Å². The summed E-state index contributed by atoms with van der Waals surface area (Å²) in [5.74, 6) is -0.315. The molecule has 0 saturated heterocycles. The van der Waals surface area contributed by atoms with Crippen LogP contribution in [0.25, 0.3) is 0 Å². The Morgan fingerprint density at radius 3 is 2.94 bits per heavy atom. The van der Waals surface area contributed by atoms with Gasteiger partial charge in [-0.1, -0.05) is 6.08 Å². The minimum Gasteiger partial charge on any atom is -0.463 e. The molecule has 1 heterocycles. The van der Waals surface area contributed by atoms with Crippen LogP contribution in [0.3, 0.4) is 0 Å². The molecule has 1 N–H and O–H groups in total. The first kappa shape index (κ1) is 13.3. The quantitative estimate of drug-likeness (QED) is 0.452. The van der Waals surface area contributed by atoms with E-state index in [1.165, 1.54) is 6.08 Å². The van der Waals surface area contributed by atoms with Crippen LogP contribution in [0.15, 0.2) is 24.5 Å². The number of hydrogen-bond donors (Lipinski definition) is 1. The van der Waals surface area contributed by atoms with Crippen LogP contribution in [-0.4, -0.2) is 29.1 Å². The molecule has 92 valence electrons. The van der Waals surface area contributed by atoms with E-state index in [4.69, 9.17) is 4.74 Å². The van der Waals surface area contributed by atoms with Gasteiger partial charge in [-0.2, -0.15) is 0 Å². The number of nitrogens with zero attached hydrogens (tertiary/aromatic N) is 2. The molecule has 0 aliphatic rings. The van der Waals surface area contributed by atoms with Crippen molar-refractivity contribution < 1.29 is 9.53 Å². The monoisotopic (exact) mass is 235 g/mol. The van der Waals surface area contributed by atoms with Crippen LogP contribution in [0.1, 0.15) is 18.3 Å². The van der Waals surface area contributed by atoms with Gasteiger partial charge in [0.05, 0.1) is 18.0 Å². The topological polar surface area (TPSA) is 64.1 Å². The van der Waals surface area contributed by atoms with Gasteiger partial charge in [0.25, 0.3) is 0 Å². The molecule has 0 aliphatic heterocycles. The summed E-state index contributed by atoms with van der Waals surface area (Å²) >= 11 is 0. The van der Waals surface area contributed by atoms with Gasteiger partial charge in [-0.05, 0) is 13.8 Å². The molecule has 0 aliphatic carbocycles. The summed E-state index contributed by atoms with van der Waals surface area (Å²) in [4.78, 5) is 19.3. The maximum Gasteiger partial charge on any atom is 0.330 e. The fraction of sp³-hybridized carbons (Fsp3) is 0.417. The van der Waals surface area contributed by atoms with Crippen molar-refractivity contribution in [2.45, 2.75) is 20.4 Å². The van der Waals surface area contributed by atoms with E-state index in [0.29, 0.717) is 19.7 Å². The third kappa shape index (κ3) is 5.77. The fourth-order valence-corrected chi connectivity index (χ4v) is 1.14. The molecule has 1 aromatic rings. The van der Waals surface area contributed by atoms with E-state index in [9.17, 15) is 4.79 Å². The third-order valence-electron chi connectivity index (χ3n) is 1.94. The molecule has 0 bridgehead atoms. The van der Waals surface area contributed by atoms with Crippen molar-refractivity contribution in [2.24, 2.45) is 0 Å². The molecular weight excluding hydrogens is 218 g/mol. The van der Waals surface area contributed by atoms with Crippen LogP contribution in [0.2, 0.25) is 0 Å². The van der Waals surface area contributed by atoms with Crippen molar-refractivity contribution in [1.29, 1.82) is 0 Å². The van der Waals surface area contributed by atoms with Gasteiger partial charge in [0.2, 0.25) is 0 Å². The van der Waals surface area contributed by atoms with Crippen LogP contribution in [0.4, 0.5) is 0 Å². The number of carbonyl (C=O) groups excluding carboxylic acids is 1. The van der Waals surface area contributed by atoms with E-state index in [1.807, 2.05) is 6.92 Å². The van der Waals surface area contributed by atoms with Gasteiger partial charge in [0.15, 0.2) is 0 Å². The highest BCUT2D eigenvalue weighted by molar-refractivity contribution is 5.81. The Morgan fingerprint density at radius 1 is 1.47 bits per heavy atom. The lowest BCUT2D eigenvalue weighted by Gasteiger charge is -2.01. The molecule has 0 unspecified atom stereocenters. The van der Waals surface area contributed by atoms with Gasteiger partial charge in [0.1, 0.15) is 0 Å². The summed E-state index contributed by atoms with van der Waals surface area (Å²) in [7, 11) is 0. The van der Waals surface area contributed by atoms with Gasteiger partial charge >= 0.3 is 5.97 Å². The molecule has 0 amide bonds. The lowest BCUT2D eigenvalue weighted by atomic mass is 10.4. The van der Waals surface area contributed by atoms with E-state index in [2.05, 4.69) is 15.3 Å². The number of rotatable bonds is 6. The minimum absolute atomic E-state index is 0.315. The number of carbonyl (C=O) groups is 1. The van der Waals surface area contributed by atoms with Gasteiger partial charge < -0.3 is 10.1 Å². The highest BCUT2D eigenvalue weighted by atomic mass is 16.5. The molecule has 1 aromatic heterocycles. The first-order valence-corrected chi connectivity index (χ1v) is 5.54. The van der Waals surface area contributed by atoms with Crippen molar-refractivity contribution in [3.8, 4) is 0 Å². The maximum atomic E-state index is 11.0. The summed E-state index contributed by atoms with van der Waals surface area (Å²) in [6.07, 6.45) is 6.60. The molecule has 0 saturated carbocycles. The largest absolute Gasteiger partial charge is 0.463 e. The molecule has 17 heavy (non-hydrogen) atoms. The summed E-state index contributed by atoms with van der Waals surface area (Å²) in [5.41, 5.74) is 1.77. The first-order chi connectivity index (χ1) is 8.22. The Kier molecular flexibility index (Phi) is 5.88. The van der Waals surface area contributed by atoms with Gasteiger partial charge in [0, 0.05) is 31.6 Å². The summed E-state index contributed by atoms with van der Waals surface area (Å²) < 4.78 is 4.74. The van der Waals surface area contributed by atoms with E-state index >= 15 is 0 Å². The standard InChI is InChI=1S/C12H17N3O2/c1-3-17-12(16)5-4-6-13-8-11-9-14-10(2)7-15-11/h4-5,7,9,13H,3,6,8H2,1-2H3/b5-4+. The molecule has 1 rings (SSSR count). The highest BCUT2D eigenvalue weighted by Crippen LogP contribution is 1.92. The van der Waals surface area contributed by atoms with Crippen molar-refractivity contribution in [2.75, 3.05) is 13.2 Å². The molecule has 0 atom stereocenters. The number of nitrogens with one attached hydrogen (secondary N) is 1. The Morgan fingerprint density at radius 2 is 2.29 bits per heavy atom. The second-order valence-corrected chi connectivity index (χ2v) is 3.43. The minimum atomic E-state index is -0.315. The van der Waals surface area contributed by atoms with Crippen molar-refractivity contribution in [3.63, 3.8) is 0 Å². The van der Waals surface area contributed by atoms with Crippen LogP contribution in [-0.2, 0) is 16.1 Å². The number of esters is 1. The molecule has 5 nitrogen and oxygen atoms in total. The Balaban J connectivity index is 2.20. The molecule has 0 fully saturated rings. The summed E-state index contributed by atoms with van der Waals surface area (Å²) in [6, 6.07) is 0. The summed E-state index contributed by atoms with van der Waals surface area (Å²) in [5, 5.41) is 3.12. The van der Waals surface area contributed by atoms with E-state index in [0.717, 1.165) is 11.4 Å². The summed E-state index contributed by atoms with van der Waals surface area (Å²) in [6.45, 7) is 5.29. The fourth-order valence-electron chi connectivity index (χ4n) is 1.14. The van der Waals surface area contributed by atoms with Crippen LogP contribution in [0, 0.1) is 6.92 Å². The predicted molar refractivity (Wildman–Crippen MR) is 64.2 cm³/mol. The van der Waals surface area contributed by atoms with E-state index in [-0.39, 0.29) is 5.97 Å². The maximum absolute atomic E-state index is 11.0. The number of ether oxygens (including phenoxy) is 1. The van der Waals surface area contributed by atoms with Crippen molar-refractivity contribution >= 4 is 5.97 Å². The van der Waals surface area contributed by atoms with Crippen molar-refractivity contribution in [3.05, 3.63) is 35.9 Å². The van der Waals surface area contributed by atoms with Crippen LogP contribution in [0.5, 0.6) is 0 Å². The second kappa shape index (κ2) is 7.51. The SMILES string of the molecule is CCOC(=O)/C=C/CNCc1cnc(C)cn1. The molecule has 0 radical (unpaired) electrons. The zero-order valence-corrected chi connectivity index (χ0v) is 10.1. The van der Waals surface area contributed by atoms with Crippen molar-refractivity contribution in [1.82, 2.24) is 15.3 Å². The Bertz CT molecular complexity index is 374. The predicted octanol–water partition coefficient (Wildman–Crippen LogP) is 0.994. The number of aryl methyl sites for hydroxylation is 1. The van der Waals surface area contributed by atoms with Gasteiger partial charge in [-0.3, -0.25) is 9.97 Å². The first-order valence-electron chi connectivity index (χ1n) is 5.54. The van der Waals surface area contributed by atoms with E-state index in [1.54, 1.807) is 25.4 Å². The Labute approximate surface area is 101 Å². The zero-order valence-electron chi connectivity index (χ0n) is 10.1. The molecular formula is C12H17N3O2. The average Bonchev–Trinajstić information content (AvgIpc) is 2.31.